The van der Waals surface area contributed by atoms with Crippen LogP contribution in [0.2, 0.25) is 0 Å². The van der Waals surface area contributed by atoms with Crippen LogP contribution < -0.4 is 30.7 Å². The number of hydrogen-bond acceptors (Lipinski definition) is 8. The smallest absolute Gasteiger partial charge is 0.239 e. The molecule has 1 amide bonds. The van der Waals surface area contributed by atoms with Gasteiger partial charge in [-0.2, -0.15) is 5.10 Å². The molecule has 0 aliphatic carbocycles. The quantitative estimate of drug-likeness (QED) is 0.271. The molecule has 0 saturated heterocycles. The average Bonchev–Trinajstić information content (AvgIpc) is 3.34. The molecule has 208 valence electrons. The van der Waals surface area contributed by atoms with Gasteiger partial charge >= 0.3 is 0 Å². The second-order valence-corrected chi connectivity index (χ2v) is 9.50. The highest BCUT2D eigenvalue weighted by atomic mass is 19.2. The maximum absolute atomic E-state index is 14.9. The van der Waals surface area contributed by atoms with Crippen molar-refractivity contribution in [3.63, 3.8) is 0 Å². The second kappa shape index (κ2) is 11.7. The third kappa shape index (κ3) is 6.44. The molecule has 4 rings (SSSR count). The van der Waals surface area contributed by atoms with Crippen LogP contribution in [0.1, 0.15) is 19.4 Å². The van der Waals surface area contributed by atoms with Crippen molar-refractivity contribution in [3.8, 4) is 11.5 Å². The number of carbonyl (C=O) groups excluding carboxylic acids is 1. The molecular formula is C26H31F2N7O4. The molecule has 0 atom stereocenters. The van der Waals surface area contributed by atoms with Crippen molar-refractivity contribution in [1.29, 1.82) is 0 Å². The van der Waals surface area contributed by atoms with Crippen LogP contribution in [-0.4, -0.2) is 65.7 Å². The van der Waals surface area contributed by atoms with Crippen molar-refractivity contribution in [2.24, 2.45) is 10.7 Å². The average molecular weight is 544 g/mol. The highest BCUT2D eigenvalue weighted by Crippen LogP contribution is 2.38. The summed E-state index contributed by atoms with van der Waals surface area (Å²) in [6.45, 7) is 4.45. The lowest BCUT2D eigenvalue weighted by Crippen LogP contribution is -2.44. The predicted octanol–water partition coefficient (Wildman–Crippen LogP) is 2.36. The van der Waals surface area contributed by atoms with E-state index >= 15 is 0 Å². The molecule has 11 nitrogen and oxygen atoms in total. The number of aromatic nitrogens is 2. The predicted molar refractivity (Wildman–Crippen MR) is 143 cm³/mol. The maximum atomic E-state index is 14.9. The first-order valence-electron chi connectivity index (χ1n) is 12.2. The lowest BCUT2D eigenvalue weighted by atomic mass is 10.1. The van der Waals surface area contributed by atoms with Crippen LogP contribution in [0, 0.1) is 11.6 Å². The van der Waals surface area contributed by atoms with Gasteiger partial charge in [-0.05, 0) is 32.0 Å². The zero-order valence-electron chi connectivity index (χ0n) is 21.9. The van der Waals surface area contributed by atoms with Crippen LogP contribution in [0.3, 0.4) is 0 Å². The fourth-order valence-electron chi connectivity index (χ4n) is 3.95. The molecule has 3 aromatic rings. The minimum atomic E-state index is -1.02. The van der Waals surface area contributed by atoms with Gasteiger partial charge in [0.2, 0.25) is 5.91 Å². The van der Waals surface area contributed by atoms with Crippen molar-refractivity contribution >= 4 is 28.8 Å². The summed E-state index contributed by atoms with van der Waals surface area (Å²) in [5, 5.41) is 19.9. The number of nitrogens with one attached hydrogen (secondary N) is 2. The molecule has 2 aromatic carbocycles. The van der Waals surface area contributed by atoms with Gasteiger partial charge in [0.15, 0.2) is 23.1 Å². The second-order valence-electron chi connectivity index (χ2n) is 9.50. The number of nitrogens with two attached hydrogens (primary N) is 1. The van der Waals surface area contributed by atoms with Crippen molar-refractivity contribution in [2.75, 3.05) is 43.8 Å². The van der Waals surface area contributed by atoms with Gasteiger partial charge in [0, 0.05) is 23.7 Å². The van der Waals surface area contributed by atoms with E-state index in [1.165, 1.54) is 41.2 Å². The molecule has 0 bridgehead atoms. The number of hydrogen-bond donors (Lipinski definition) is 4. The Hall–Kier alpha value is -4.23. The molecule has 0 saturated carbocycles. The van der Waals surface area contributed by atoms with Gasteiger partial charge in [-0.1, -0.05) is 6.07 Å². The summed E-state index contributed by atoms with van der Waals surface area (Å²) in [4.78, 5) is 17.5. The number of carbonyl (C=O) groups is 1. The number of amides is 1. The number of methoxy groups -OCH3 is 1. The van der Waals surface area contributed by atoms with Gasteiger partial charge in [-0.15, -0.1) is 0 Å². The Morgan fingerprint density at radius 1 is 1.31 bits per heavy atom. The van der Waals surface area contributed by atoms with Crippen LogP contribution in [0.25, 0.3) is 0 Å². The van der Waals surface area contributed by atoms with Crippen LogP contribution in [0.4, 0.5) is 25.8 Å². The number of benzene rings is 2. The van der Waals surface area contributed by atoms with Crippen molar-refractivity contribution in [1.82, 2.24) is 15.1 Å². The van der Waals surface area contributed by atoms with E-state index < -0.39 is 23.1 Å². The SMILES string of the molecule is COc1cc2c(cc1OCCNC(C)(C)CO)NCN(c1cccc(F)c1F)C2=Nc1cnn(CC(N)=O)c1. The largest absolute Gasteiger partial charge is 0.493 e. The zero-order valence-corrected chi connectivity index (χ0v) is 21.9. The van der Waals surface area contributed by atoms with Crippen LogP contribution in [0.15, 0.2) is 47.7 Å². The Balaban J connectivity index is 1.72. The van der Waals surface area contributed by atoms with E-state index in [1.807, 2.05) is 13.8 Å². The summed E-state index contributed by atoms with van der Waals surface area (Å²) < 4.78 is 41.9. The zero-order chi connectivity index (χ0) is 28.2. The summed E-state index contributed by atoms with van der Waals surface area (Å²) in [5.74, 6) is -1.43. The first kappa shape index (κ1) is 27.8. The van der Waals surface area contributed by atoms with E-state index in [4.69, 9.17) is 15.2 Å². The minimum Gasteiger partial charge on any atom is -0.493 e. The summed E-state index contributed by atoms with van der Waals surface area (Å²) in [5.41, 5.74) is 6.33. The Kier molecular flexibility index (Phi) is 8.31. The standard InChI is InChI=1S/C26H31F2N7O4/c1-26(2,14-36)31-7-8-39-22-10-19-17(9-21(22)38-3)25(33-16-11-32-34(12-16)13-23(29)37)35(15-30-19)20-6-4-5-18(27)24(20)28/h4-6,9-12,30-31,36H,7-8,13-15H2,1-3H3,(H2,29,37). The van der Waals surface area contributed by atoms with E-state index in [1.54, 1.807) is 12.1 Å². The lowest BCUT2D eigenvalue weighted by molar-refractivity contribution is -0.118. The van der Waals surface area contributed by atoms with E-state index in [2.05, 4.69) is 20.7 Å². The fraction of sp³-hybridized carbons (Fsp3) is 0.346. The number of ether oxygens (including phenoxy) is 2. The van der Waals surface area contributed by atoms with Gasteiger partial charge in [0.25, 0.3) is 0 Å². The molecular weight excluding hydrogens is 512 g/mol. The molecule has 39 heavy (non-hydrogen) atoms. The normalized spacial score (nSPS) is 14.2. The molecule has 0 spiro atoms. The molecule has 2 heterocycles. The van der Waals surface area contributed by atoms with Crippen LogP contribution in [0.5, 0.6) is 11.5 Å². The number of anilines is 2. The third-order valence-electron chi connectivity index (χ3n) is 5.98. The van der Waals surface area contributed by atoms with Crippen molar-refractivity contribution in [2.45, 2.75) is 25.9 Å². The minimum absolute atomic E-state index is 0.0201. The number of aliphatic hydroxyl groups excluding tert-OH is 1. The summed E-state index contributed by atoms with van der Waals surface area (Å²) in [6, 6.07) is 7.34. The number of rotatable bonds is 11. The number of nitrogens with zero attached hydrogens (tertiary/aromatic N) is 4. The number of aliphatic imine (C=N–C) groups is 1. The van der Waals surface area contributed by atoms with E-state index in [0.717, 1.165) is 6.07 Å². The number of aliphatic hydroxyl groups is 1. The number of fused-ring (bicyclic) bond motifs is 1. The maximum Gasteiger partial charge on any atom is 0.239 e. The molecule has 0 unspecified atom stereocenters. The van der Waals surface area contributed by atoms with Gasteiger partial charge in [0.1, 0.15) is 24.7 Å². The first-order valence-corrected chi connectivity index (χ1v) is 12.2. The van der Waals surface area contributed by atoms with E-state index in [0.29, 0.717) is 47.4 Å². The molecule has 0 radical (unpaired) electrons. The van der Waals surface area contributed by atoms with E-state index in [9.17, 15) is 18.7 Å². The summed E-state index contributed by atoms with van der Waals surface area (Å²) >= 11 is 0. The van der Waals surface area contributed by atoms with Gasteiger partial charge in [-0.3, -0.25) is 9.48 Å². The Morgan fingerprint density at radius 2 is 2.10 bits per heavy atom. The van der Waals surface area contributed by atoms with Gasteiger partial charge in [0.05, 0.1) is 44.2 Å². The first-order chi connectivity index (χ1) is 18.6. The highest BCUT2D eigenvalue weighted by Gasteiger charge is 2.29. The Bertz CT molecular complexity index is 1380. The molecule has 1 aromatic heterocycles. The Labute approximate surface area is 224 Å². The van der Waals surface area contributed by atoms with Crippen molar-refractivity contribution in [3.05, 3.63) is 59.9 Å². The number of amidine groups is 1. The highest BCUT2D eigenvalue weighted by molar-refractivity contribution is 6.16. The van der Waals surface area contributed by atoms with Crippen molar-refractivity contribution < 1.29 is 28.2 Å². The molecule has 0 fully saturated rings. The Morgan fingerprint density at radius 3 is 2.82 bits per heavy atom. The fourth-order valence-corrected chi connectivity index (χ4v) is 3.95. The third-order valence-corrected chi connectivity index (χ3v) is 5.98. The van der Waals surface area contributed by atoms with Crippen LogP contribution in [-0.2, 0) is 11.3 Å². The number of halogens is 2. The van der Waals surface area contributed by atoms with Gasteiger partial charge in [-0.25, -0.2) is 13.8 Å². The summed E-state index contributed by atoms with van der Waals surface area (Å²) in [6.07, 6.45) is 2.96. The molecule has 13 heteroatoms. The topological polar surface area (TPSA) is 139 Å². The van der Waals surface area contributed by atoms with E-state index in [-0.39, 0.29) is 25.5 Å². The lowest BCUT2D eigenvalue weighted by Gasteiger charge is -2.33. The van der Waals surface area contributed by atoms with Gasteiger partial charge < -0.3 is 35.8 Å². The molecule has 5 N–H and O–H groups in total. The molecule has 1 aliphatic rings. The number of primary amides is 1. The van der Waals surface area contributed by atoms with Crippen LogP contribution >= 0.6 is 0 Å². The monoisotopic (exact) mass is 543 g/mol. The molecule has 1 aliphatic heterocycles. The summed E-state index contributed by atoms with van der Waals surface area (Å²) in [7, 11) is 1.49.